The third-order valence-corrected chi connectivity index (χ3v) is 8.01. The molecule has 2 aromatic heterocycles. The van der Waals surface area contributed by atoms with Crippen LogP contribution in [0.1, 0.15) is 0 Å². The van der Waals surface area contributed by atoms with Crippen LogP contribution in [0, 0.1) is 11.6 Å². The second-order valence-corrected chi connectivity index (χ2v) is 10.9. The van der Waals surface area contributed by atoms with Gasteiger partial charge < -0.3 is 0 Å². The zero-order valence-corrected chi connectivity index (χ0v) is 24.4. The summed E-state index contributed by atoms with van der Waals surface area (Å²) in [5.74, 6) is -0.726. The fraction of sp³-hybridized carbons (Fsp3) is 0. The van der Waals surface area contributed by atoms with Gasteiger partial charge in [0.2, 0.25) is 0 Å². The van der Waals surface area contributed by atoms with E-state index in [1.165, 1.54) is 12.1 Å². The Balaban J connectivity index is 1.29. The summed E-state index contributed by atoms with van der Waals surface area (Å²) in [5.41, 5.74) is 9.08. The van der Waals surface area contributed by atoms with Gasteiger partial charge in [-0.2, -0.15) is 0 Å². The number of aromatic nitrogens is 4. The first-order valence-electron chi connectivity index (χ1n) is 14.9. The van der Waals surface area contributed by atoms with Crippen molar-refractivity contribution in [2.45, 2.75) is 0 Å². The van der Waals surface area contributed by atoms with Crippen LogP contribution in [-0.2, 0) is 0 Å². The minimum absolute atomic E-state index is 0.363. The molecule has 8 aromatic rings. The Hall–Kier alpha value is -6.14. The van der Waals surface area contributed by atoms with Crippen molar-refractivity contribution in [1.29, 1.82) is 0 Å². The zero-order valence-electron chi connectivity index (χ0n) is 24.4. The molecule has 0 atom stereocenters. The Morgan fingerprint density at radius 2 is 0.674 bits per heavy atom. The molecule has 0 amide bonds. The molecular formula is C40H24F2N4. The highest BCUT2D eigenvalue weighted by molar-refractivity contribution is 5.92. The predicted molar refractivity (Wildman–Crippen MR) is 180 cm³/mol. The van der Waals surface area contributed by atoms with E-state index in [4.69, 9.17) is 19.9 Å². The van der Waals surface area contributed by atoms with Gasteiger partial charge >= 0.3 is 0 Å². The minimum Gasteiger partial charge on any atom is -0.244 e. The first-order chi connectivity index (χ1) is 22.6. The van der Waals surface area contributed by atoms with Crippen LogP contribution in [0.3, 0.4) is 0 Å². The third kappa shape index (κ3) is 4.96. The van der Waals surface area contributed by atoms with Gasteiger partial charge in [0, 0.05) is 22.3 Å². The highest BCUT2D eigenvalue weighted by atomic mass is 19.1. The number of fused-ring (bicyclic) bond motifs is 2. The normalized spacial score (nSPS) is 11.3. The van der Waals surface area contributed by atoms with E-state index >= 15 is 8.78 Å². The van der Waals surface area contributed by atoms with Crippen molar-refractivity contribution in [3.8, 4) is 56.2 Å². The van der Waals surface area contributed by atoms with Crippen LogP contribution in [0.15, 0.2) is 146 Å². The van der Waals surface area contributed by atoms with Crippen LogP contribution in [0.4, 0.5) is 8.78 Å². The van der Waals surface area contributed by atoms with Gasteiger partial charge in [-0.15, -0.1) is 0 Å². The quantitative estimate of drug-likeness (QED) is 0.198. The van der Waals surface area contributed by atoms with E-state index in [0.29, 0.717) is 56.0 Å². The van der Waals surface area contributed by atoms with Gasteiger partial charge in [0.15, 0.2) is 0 Å². The lowest BCUT2D eigenvalue weighted by molar-refractivity contribution is 0.630. The van der Waals surface area contributed by atoms with Crippen LogP contribution in [0.2, 0.25) is 0 Å². The molecular weight excluding hydrogens is 574 g/mol. The smallest absolute Gasteiger partial charge is 0.132 e. The summed E-state index contributed by atoms with van der Waals surface area (Å²) in [6.07, 6.45) is 0. The highest BCUT2D eigenvalue weighted by Crippen LogP contribution is 2.36. The summed E-state index contributed by atoms with van der Waals surface area (Å²) in [7, 11) is 0. The molecule has 2 heterocycles. The number of benzene rings is 6. The van der Waals surface area contributed by atoms with Crippen LogP contribution in [0.25, 0.3) is 78.2 Å². The fourth-order valence-electron chi connectivity index (χ4n) is 5.74. The van der Waals surface area contributed by atoms with Gasteiger partial charge in [0.05, 0.1) is 33.5 Å². The van der Waals surface area contributed by atoms with Crippen molar-refractivity contribution in [3.63, 3.8) is 0 Å². The number of halogens is 2. The molecule has 0 saturated heterocycles. The number of rotatable bonds is 5. The largest absolute Gasteiger partial charge is 0.244 e. The van der Waals surface area contributed by atoms with E-state index in [1.54, 1.807) is 36.4 Å². The number of nitrogens with zero attached hydrogens (tertiary/aromatic N) is 4. The van der Waals surface area contributed by atoms with Gasteiger partial charge in [-0.3, -0.25) is 0 Å². The molecule has 0 fully saturated rings. The summed E-state index contributed by atoms with van der Waals surface area (Å²) in [5, 5.41) is 0. The summed E-state index contributed by atoms with van der Waals surface area (Å²) in [4.78, 5) is 19.8. The lowest BCUT2D eigenvalue weighted by Crippen LogP contribution is -1.98. The molecule has 0 bridgehead atoms. The topological polar surface area (TPSA) is 51.6 Å². The Kier molecular flexibility index (Phi) is 6.80. The second kappa shape index (κ2) is 11.4. The van der Waals surface area contributed by atoms with Crippen molar-refractivity contribution in [2.75, 3.05) is 0 Å². The Bertz CT molecular complexity index is 2220. The molecule has 0 radical (unpaired) electrons. The van der Waals surface area contributed by atoms with E-state index < -0.39 is 0 Å². The number of hydrogen-bond donors (Lipinski definition) is 0. The molecule has 0 unspecified atom stereocenters. The monoisotopic (exact) mass is 598 g/mol. The molecule has 0 spiro atoms. The standard InChI is InChI=1S/C40H24F2N4/c41-31-17-9-7-15-29(31)39-37(25-11-3-1-4-12-25)43-33-21-19-27(23-35(33)45-39)28-20-22-34-36(24-28)46-40(30-16-8-10-18-32(30)42)38(44-34)26-13-5-2-6-14-26/h1-24H. The van der Waals surface area contributed by atoms with E-state index in [2.05, 4.69) is 0 Å². The molecule has 0 N–H and O–H groups in total. The van der Waals surface area contributed by atoms with Crippen molar-refractivity contribution >= 4 is 22.1 Å². The lowest BCUT2D eigenvalue weighted by atomic mass is 10.0. The maximum absolute atomic E-state index is 15.1. The summed E-state index contributed by atoms with van der Waals surface area (Å²) >= 11 is 0. The Labute approximate surface area is 263 Å². The molecule has 6 aromatic carbocycles. The Morgan fingerprint density at radius 1 is 0.304 bits per heavy atom. The van der Waals surface area contributed by atoms with Crippen LogP contribution in [0.5, 0.6) is 0 Å². The van der Waals surface area contributed by atoms with Crippen molar-refractivity contribution in [1.82, 2.24) is 19.9 Å². The van der Waals surface area contributed by atoms with Gasteiger partial charge in [0.1, 0.15) is 23.0 Å². The van der Waals surface area contributed by atoms with E-state index in [1.807, 2.05) is 97.1 Å². The van der Waals surface area contributed by atoms with Gasteiger partial charge in [-0.1, -0.05) is 97.1 Å². The first-order valence-corrected chi connectivity index (χ1v) is 14.9. The van der Waals surface area contributed by atoms with Crippen molar-refractivity contribution < 1.29 is 8.78 Å². The Morgan fingerprint density at radius 3 is 1.09 bits per heavy atom. The van der Waals surface area contributed by atoms with E-state index in [-0.39, 0.29) is 11.6 Å². The van der Waals surface area contributed by atoms with Gasteiger partial charge in [-0.25, -0.2) is 28.7 Å². The second-order valence-electron chi connectivity index (χ2n) is 10.9. The van der Waals surface area contributed by atoms with E-state index in [9.17, 15) is 0 Å². The molecule has 6 heteroatoms. The maximum Gasteiger partial charge on any atom is 0.132 e. The summed E-state index contributed by atoms with van der Waals surface area (Å²) in [6, 6.07) is 44.3. The maximum atomic E-state index is 15.1. The fourth-order valence-corrected chi connectivity index (χ4v) is 5.74. The van der Waals surface area contributed by atoms with E-state index in [0.717, 1.165) is 22.3 Å². The molecule has 0 aliphatic heterocycles. The molecule has 0 aliphatic carbocycles. The molecule has 8 rings (SSSR count). The third-order valence-electron chi connectivity index (χ3n) is 8.01. The minimum atomic E-state index is -0.363. The lowest BCUT2D eigenvalue weighted by Gasteiger charge is -2.13. The summed E-state index contributed by atoms with van der Waals surface area (Å²) in [6.45, 7) is 0. The van der Waals surface area contributed by atoms with Crippen molar-refractivity contribution in [2.24, 2.45) is 0 Å². The first kappa shape index (κ1) is 27.4. The van der Waals surface area contributed by atoms with Crippen LogP contribution >= 0.6 is 0 Å². The van der Waals surface area contributed by atoms with Gasteiger partial charge in [0.25, 0.3) is 0 Å². The number of hydrogen-bond acceptors (Lipinski definition) is 4. The zero-order chi connectivity index (χ0) is 31.0. The van der Waals surface area contributed by atoms with Crippen molar-refractivity contribution in [3.05, 3.63) is 157 Å². The molecule has 0 saturated carbocycles. The average Bonchev–Trinajstić information content (AvgIpc) is 3.11. The molecule has 4 nitrogen and oxygen atoms in total. The highest BCUT2D eigenvalue weighted by Gasteiger charge is 2.18. The molecule has 0 aliphatic rings. The predicted octanol–water partition coefficient (Wildman–Crippen LogP) is 10.2. The van der Waals surface area contributed by atoms with Gasteiger partial charge in [-0.05, 0) is 59.7 Å². The molecule has 218 valence electrons. The SMILES string of the molecule is Fc1ccccc1-c1nc2cc(-c3ccc4nc(-c5ccccc5)c(-c5ccccc5F)nc4c3)ccc2nc1-c1ccccc1. The van der Waals surface area contributed by atoms with Crippen LogP contribution in [-0.4, -0.2) is 19.9 Å². The average molecular weight is 599 g/mol. The van der Waals surface area contributed by atoms with Crippen LogP contribution < -0.4 is 0 Å². The molecule has 46 heavy (non-hydrogen) atoms. The summed E-state index contributed by atoms with van der Waals surface area (Å²) < 4.78 is 30.2.